The van der Waals surface area contributed by atoms with Gasteiger partial charge in [-0.05, 0) is 36.6 Å². The van der Waals surface area contributed by atoms with Crippen molar-refractivity contribution in [3.8, 4) is 0 Å². The summed E-state index contributed by atoms with van der Waals surface area (Å²) in [7, 11) is 1.90. The van der Waals surface area contributed by atoms with Crippen molar-refractivity contribution in [2.75, 3.05) is 20.1 Å². The Labute approximate surface area is 112 Å². The summed E-state index contributed by atoms with van der Waals surface area (Å²) in [5, 5.41) is 0. The van der Waals surface area contributed by atoms with Gasteiger partial charge in [0.2, 0.25) is 0 Å². The summed E-state index contributed by atoms with van der Waals surface area (Å²) < 4.78 is 13.4. The predicted molar refractivity (Wildman–Crippen MR) is 69.2 cm³/mol. The summed E-state index contributed by atoms with van der Waals surface area (Å²) >= 11 is 0. The third-order valence-electron chi connectivity index (χ3n) is 5.05. The number of carbonyl (C=O) groups excluding carboxylic acids is 1. The lowest BCUT2D eigenvalue weighted by Crippen LogP contribution is -2.44. The molecule has 1 aromatic rings. The minimum Gasteiger partial charge on any atom is -0.337 e. The van der Waals surface area contributed by atoms with Crippen molar-refractivity contribution in [2.45, 2.75) is 25.4 Å². The molecule has 3 nitrogen and oxygen atoms in total. The molecule has 0 N–H and O–H groups in total. The number of rotatable bonds is 0. The highest BCUT2D eigenvalue weighted by Gasteiger charge is 2.57. The first-order valence-electron chi connectivity index (χ1n) is 6.87. The van der Waals surface area contributed by atoms with Gasteiger partial charge in [-0.3, -0.25) is 9.69 Å². The Hall–Kier alpha value is -1.42. The molecule has 2 aliphatic heterocycles. The summed E-state index contributed by atoms with van der Waals surface area (Å²) in [5.41, 5.74) is 1.81. The van der Waals surface area contributed by atoms with E-state index in [0.717, 1.165) is 18.7 Å². The molecule has 1 aromatic carbocycles. The molecule has 0 aromatic heterocycles. The highest BCUT2D eigenvalue weighted by molar-refractivity contribution is 5.96. The number of fused-ring (bicyclic) bond motifs is 4. The predicted octanol–water partition coefficient (Wildman–Crippen LogP) is 1.88. The highest BCUT2D eigenvalue weighted by atomic mass is 19.1. The molecular weight excluding hydrogens is 243 g/mol. The normalized spacial score (nSPS) is 31.1. The van der Waals surface area contributed by atoms with Crippen molar-refractivity contribution in [1.82, 2.24) is 9.80 Å². The zero-order valence-electron chi connectivity index (χ0n) is 11.0. The van der Waals surface area contributed by atoms with Crippen molar-refractivity contribution in [2.24, 2.45) is 5.41 Å². The zero-order valence-corrected chi connectivity index (χ0v) is 11.0. The monoisotopic (exact) mass is 260 g/mol. The largest absolute Gasteiger partial charge is 0.337 e. The van der Waals surface area contributed by atoms with Crippen LogP contribution in [0.2, 0.25) is 0 Å². The number of nitrogens with zero attached hydrogens (tertiary/aromatic N) is 2. The maximum Gasteiger partial charge on any atom is 0.254 e. The average Bonchev–Trinajstić information content (AvgIpc) is 3.03. The number of hydrogen-bond donors (Lipinski definition) is 0. The molecule has 4 rings (SSSR count). The molecule has 1 amide bonds. The van der Waals surface area contributed by atoms with Gasteiger partial charge in [-0.25, -0.2) is 4.39 Å². The topological polar surface area (TPSA) is 23.6 Å². The number of halogens is 1. The van der Waals surface area contributed by atoms with E-state index in [1.807, 2.05) is 11.9 Å². The van der Waals surface area contributed by atoms with E-state index in [4.69, 9.17) is 0 Å². The van der Waals surface area contributed by atoms with Gasteiger partial charge in [0.05, 0.1) is 6.04 Å². The van der Waals surface area contributed by atoms with Crippen molar-refractivity contribution in [3.63, 3.8) is 0 Å². The van der Waals surface area contributed by atoms with Gasteiger partial charge < -0.3 is 4.90 Å². The lowest BCUT2D eigenvalue weighted by atomic mass is 9.98. The van der Waals surface area contributed by atoms with Crippen LogP contribution in [0.25, 0.3) is 0 Å². The number of amides is 1. The third-order valence-corrected chi connectivity index (χ3v) is 5.05. The van der Waals surface area contributed by atoms with Crippen molar-refractivity contribution < 1.29 is 9.18 Å². The minimum absolute atomic E-state index is 0.0489. The third kappa shape index (κ3) is 1.56. The maximum absolute atomic E-state index is 13.4. The van der Waals surface area contributed by atoms with Gasteiger partial charge in [-0.1, -0.05) is 0 Å². The Balaban J connectivity index is 1.81. The first-order chi connectivity index (χ1) is 9.09. The summed E-state index contributed by atoms with van der Waals surface area (Å²) in [5.74, 6) is -0.209. The fraction of sp³-hybridized carbons (Fsp3) is 0.533. The van der Waals surface area contributed by atoms with Gasteiger partial charge in [0, 0.05) is 37.7 Å². The Morgan fingerprint density at radius 3 is 2.89 bits per heavy atom. The quantitative estimate of drug-likeness (QED) is 0.711. The average molecular weight is 260 g/mol. The zero-order chi connectivity index (χ0) is 13.2. The van der Waals surface area contributed by atoms with Gasteiger partial charge in [-0.2, -0.15) is 0 Å². The lowest BCUT2D eigenvalue weighted by molar-refractivity contribution is 0.0685. The van der Waals surface area contributed by atoms with Gasteiger partial charge >= 0.3 is 0 Å². The van der Waals surface area contributed by atoms with E-state index in [1.54, 1.807) is 6.07 Å². The molecule has 1 saturated carbocycles. The fourth-order valence-electron chi connectivity index (χ4n) is 3.83. The molecular formula is C15H17FN2O. The highest BCUT2D eigenvalue weighted by Crippen LogP contribution is 2.55. The van der Waals surface area contributed by atoms with Crippen LogP contribution in [0.15, 0.2) is 18.2 Å². The van der Waals surface area contributed by atoms with Gasteiger partial charge in [0.1, 0.15) is 5.82 Å². The molecule has 2 fully saturated rings. The molecule has 3 aliphatic rings. The Bertz CT molecular complexity index is 567. The van der Waals surface area contributed by atoms with E-state index in [-0.39, 0.29) is 11.7 Å². The first kappa shape index (κ1) is 11.4. The second kappa shape index (κ2) is 3.57. The van der Waals surface area contributed by atoms with E-state index >= 15 is 0 Å². The second-order valence-electron chi connectivity index (χ2n) is 6.27. The number of benzene rings is 1. The Morgan fingerprint density at radius 1 is 1.37 bits per heavy atom. The lowest BCUT2D eigenvalue weighted by Gasteiger charge is -2.31. The van der Waals surface area contributed by atoms with Gasteiger partial charge in [0.25, 0.3) is 5.91 Å². The molecule has 2 atom stereocenters. The van der Waals surface area contributed by atoms with Crippen LogP contribution in [0.1, 0.15) is 28.8 Å². The number of hydrogen-bond acceptors (Lipinski definition) is 2. The van der Waals surface area contributed by atoms with Crippen LogP contribution in [-0.4, -0.2) is 41.9 Å². The van der Waals surface area contributed by atoms with Crippen LogP contribution in [-0.2, 0) is 6.54 Å². The molecule has 19 heavy (non-hydrogen) atoms. The van der Waals surface area contributed by atoms with Crippen LogP contribution in [0, 0.1) is 11.2 Å². The second-order valence-corrected chi connectivity index (χ2v) is 6.27. The summed E-state index contributed by atoms with van der Waals surface area (Å²) in [6, 6.07) is 4.86. The van der Waals surface area contributed by atoms with Gasteiger partial charge in [0.15, 0.2) is 0 Å². The van der Waals surface area contributed by atoms with Crippen LogP contribution < -0.4 is 0 Å². The number of carbonyl (C=O) groups is 1. The molecule has 1 saturated heterocycles. The summed E-state index contributed by atoms with van der Waals surface area (Å²) in [4.78, 5) is 16.9. The first-order valence-corrected chi connectivity index (χ1v) is 6.87. The molecule has 0 radical (unpaired) electrons. The van der Waals surface area contributed by atoms with E-state index < -0.39 is 0 Å². The molecule has 1 spiro atoms. The standard InChI is InChI=1S/C15H17FN2O/c1-17-13-8-18(9-15(13)4-5-15)7-10-6-11(16)2-3-12(10)14(17)19/h2-3,6,13H,4-5,7-9H2,1H3/t13-/m1/s1. The maximum atomic E-state index is 13.4. The molecule has 2 bridgehead atoms. The van der Waals surface area contributed by atoms with E-state index in [0.29, 0.717) is 23.6 Å². The van der Waals surface area contributed by atoms with E-state index in [9.17, 15) is 9.18 Å². The van der Waals surface area contributed by atoms with E-state index in [2.05, 4.69) is 4.90 Å². The fourth-order valence-corrected chi connectivity index (χ4v) is 3.83. The molecule has 2 heterocycles. The van der Waals surface area contributed by atoms with Crippen molar-refractivity contribution in [1.29, 1.82) is 0 Å². The molecule has 1 aliphatic carbocycles. The van der Waals surface area contributed by atoms with Crippen LogP contribution in [0.5, 0.6) is 0 Å². The SMILES string of the molecule is CN1C(=O)c2ccc(F)cc2CN2C[C@@H]1C1(CC1)C2. The molecule has 100 valence electrons. The summed E-state index contributed by atoms with van der Waals surface area (Å²) in [6.07, 6.45) is 2.44. The van der Waals surface area contributed by atoms with E-state index in [1.165, 1.54) is 25.0 Å². The van der Waals surface area contributed by atoms with Crippen molar-refractivity contribution >= 4 is 5.91 Å². The van der Waals surface area contributed by atoms with Gasteiger partial charge in [-0.15, -0.1) is 0 Å². The molecule has 1 unspecified atom stereocenters. The Kier molecular flexibility index (Phi) is 2.14. The summed E-state index contributed by atoms with van der Waals surface area (Å²) in [6.45, 7) is 2.67. The smallest absolute Gasteiger partial charge is 0.254 e. The molecule has 4 heteroatoms. The Morgan fingerprint density at radius 2 is 2.16 bits per heavy atom. The number of likely N-dealkylation sites (N-methyl/N-ethyl adjacent to an activating group) is 1. The van der Waals surface area contributed by atoms with Crippen LogP contribution >= 0.6 is 0 Å². The van der Waals surface area contributed by atoms with Crippen molar-refractivity contribution in [3.05, 3.63) is 35.1 Å². The minimum atomic E-state index is -0.258. The van der Waals surface area contributed by atoms with Crippen LogP contribution in [0.3, 0.4) is 0 Å². The van der Waals surface area contributed by atoms with Crippen LogP contribution in [0.4, 0.5) is 4.39 Å².